The summed E-state index contributed by atoms with van der Waals surface area (Å²) in [5, 5.41) is 3.62. The van der Waals surface area contributed by atoms with Crippen LogP contribution in [0.25, 0.3) is 0 Å². The molecule has 1 aliphatic rings. The molecule has 28 heavy (non-hydrogen) atoms. The molecule has 3 rings (SSSR count). The van der Waals surface area contributed by atoms with Crippen molar-refractivity contribution in [2.45, 2.75) is 52.8 Å². The van der Waals surface area contributed by atoms with Crippen molar-refractivity contribution in [1.29, 1.82) is 0 Å². The van der Waals surface area contributed by atoms with Crippen molar-refractivity contribution >= 4 is 0 Å². The first kappa shape index (κ1) is 20.7. The first-order chi connectivity index (χ1) is 13.7. The highest BCUT2D eigenvalue weighted by molar-refractivity contribution is 5.43. The van der Waals surface area contributed by atoms with Gasteiger partial charge in [0.25, 0.3) is 0 Å². The van der Waals surface area contributed by atoms with E-state index in [9.17, 15) is 0 Å². The third-order valence-corrected chi connectivity index (χ3v) is 5.40. The highest BCUT2D eigenvalue weighted by atomic mass is 16.5. The molecule has 1 aliphatic heterocycles. The van der Waals surface area contributed by atoms with Gasteiger partial charge in [-0.2, -0.15) is 0 Å². The number of nitrogens with one attached hydrogen (secondary N) is 1. The van der Waals surface area contributed by atoms with Crippen LogP contribution in [0.1, 0.15) is 43.4 Å². The molecular formula is C24H34N2O2. The van der Waals surface area contributed by atoms with E-state index >= 15 is 0 Å². The van der Waals surface area contributed by atoms with Crippen molar-refractivity contribution in [2.24, 2.45) is 0 Å². The molecule has 1 saturated heterocycles. The summed E-state index contributed by atoms with van der Waals surface area (Å²) in [5.41, 5.74) is 3.65. The molecule has 152 valence electrons. The number of ether oxygens (including phenoxy) is 2. The minimum atomic E-state index is 0.549. The number of aryl methyl sites for hydroxylation is 1. The fraction of sp³-hybridized carbons (Fsp3) is 0.500. The second-order valence-corrected chi connectivity index (χ2v) is 7.55. The van der Waals surface area contributed by atoms with E-state index in [0.29, 0.717) is 19.3 Å². The molecule has 1 unspecified atom stereocenters. The summed E-state index contributed by atoms with van der Waals surface area (Å²) < 4.78 is 11.9. The van der Waals surface area contributed by atoms with Gasteiger partial charge in [-0.3, -0.25) is 4.90 Å². The number of likely N-dealkylation sites (tertiary alicyclic amines) is 1. The summed E-state index contributed by atoms with van der Waals surface area (Å²) in [6, 6.07) is 15.4. The zero-order valence-electron chi connectivity index (χ0n) is 17.5. The standard InChI is InChI=1S/C24H34N2O2/c1-4-26-13-7-10-22(26)17-25-16-20-11-12-23(24(15-20)27-5-2)28-18-21-9-6-8-19(3)14-21/h6,8-9,11-12,14-15,22,25H,4-5,7,10,13,16-18H2,1-3H3. The number of benzene rings is 2. The third kappa shape index (κ3) is 5.73. The van der Waals surface area contributed by atoms with Crippen LogP contribution < -0.4 is 14.8 Å². The zero-order chi connectivity index (χ0) is 19.8. The Hall–Kier alpha value is -2.04. The lowest BCUT2D eigenvalue weighted by Gasteiger charge is -2.23. The second kappa shape index (κ2) is 10.5. The summed E-state index contributed by atoms with van der Waals surface area (Å²) in [6.07, 6.45) is 2.62. The number of hydrogen-bond acceptors (Lipinski definition) is 4. The molecule has 0 bridgehead atoms. The first-order valence-electron chi connectivity index (χ1n) is 10.6. The van der Waals surface area contributed by atoms with Gasteiger partial charge in [0.05, 0.1) is 6.61 Å². The third-order valence-electron chi connectivity index (χ3n) is 5.40. The Labute approximate surface area is 169 Å². The minimum Gasteiger partial charge on any atom is -0.490 e. The Bertz CT molecular complexity index is 747. The first-order valence-corrected chi connectivity index (χ1v) is 10.6. The molecule has 2 aromatic carbocycles. The van der Waals surface area contributed by atoms with E-state index in [4.69, 9.17) is 9.47 Å². The number of hydrogen-bond donors (Lipinski definition) is 1. The van der Waals surface area contributed by atoms with E-state index in [-0.39, 0.29) is 0 Å². The summed E-state index contributed by atoms with van der Waals surface area (Å²) >= 11 is 0. The van der Waals surface area contributed by atoms with Gasteiger partial charge in [-0.1, -0.05) is 42.8 Å². The largest absolute Gasteiger partial charge is 0.490 e. The minimum absolute atomic E-state index is 0.549. The van der Waals surface area contributed by atoms with Crippen molar-refractivity contribution in [3.63, 3.8) is 0 Å². The molecule has 1 heterocycles. The van der Waals surface area contributed by atoms with Gasteiger partial charge in [-0.15, -0.1) is 0 Å². The Morgan fingerprint density at radius 2 is 1.93 bits per heavy atom. The van der Waals surface area contributed by atoms with Crippen molar-refractivity contribution in [3.05, 3.63) is 59.2 Å². The van der Waals surface area contributed by atoms with Gasteiger partial charge in [0, 0.05) is 19.1 Å². The lowest BCUT2D eigenvalue weighted by Crippen LogP contribution is -2.37. The van der Waals surface area contributed by atoms with Crippen LogP contribution in [0.2, 0.25) is 0 Å². The summed E-state index contributed by atoms with van der Waals surface area (Å²) in [4.78, 5) is 2.57. The molecule has 4 nitrogen and oxygen atoms in total. The highest BCUT2D eigenvalue weighted by Gasteiger charge is 2.22. The predicted molar refractivity (Wildman–Crippen MR) is 115 cm³/mol. The molecule has 0 aliphatic carbocycles. The molecule has 1 N–H and O–H groups in total. The van der Waals surface area contributed by atoms with Gasteiger partial charge in [-0.25, -0.2) is 0 Å². The van der Waals surface area contributed by atoms with Crippen LogP contribution >= 0.6 is 0 Å². The maximum Gasteiger partial charge on any atom is 0.161 e. The van der Waals surface area contributed by atoms with Gasteiger partial charge in [0.15, 0.2) is 11.5 Å². The van der Waals surface area contributed by atoms with E-state index < -0.39 is 0 Å². The van der Waals surface area contributed by atoms with Crippen LogP contribution in [0.5, 0.6) is 11.5 Å². The summed E-state index contributed by atoms with van der Waals surface area (Å²) in [7, 11) is 0. The van der Waals surface area contributed by atoms with Crippen molar-refractivity contribution in [3.8, 4) is 11.5 Å². The molecule has 2 aromatic rings. The van der Waals surface area contributed by atoms with Gasteiger partial charge in [-0.05, 0) is 63.0 Å². The highest BCUT2D eigenvalue weighted by Crippen LogP contribution is 2.29. The van der Waals surface area contributed by atoms with Crippen LogP contribution in [0.3, 0.4) is 0 Å². The van der Waals surface area contributed by atoms with Crippen LogP contribution in [0.15, 0.2) is 42.5 Å². The molecule has 0 radical (unpaired) electrons. The molecule has 4 heteroatoms. The monoisotopic (exact) mass is 382 g/mol. The Kier molecular flexibility index (Phi) is 7.75. The smallest absolute Gasteiger partial charge is 0.161 e. The quantitative estimate of drug-likeness (QED) is 0.654. The van der Waals surface area contributed by atoms with Crippen LogP contribution in [0.4, 0.5) is 0 Å². The Morgan fingerprint density at radius 3 is 2.71 bits per heavy atom. The summed E-state index contributed by atoms with van der Waals surface area (Å²) in [5.74, 6) is 1.63. The Balaban J connectivity index is 1.57. The second-order valence-electron chi connectivity index (χ2n) is 7.55. The van der Waals surface area contributed by atoms with E-state index in [2.05, 4.69) is 60.5 Å². The number of likely N-dealkylation sites (N-methyl/N-ethyl adjacent to an activating group) is 1. The maximum absolute atomic E-state index is 6.05. The molecule has 0 saturated carbocycles. The maximum atomic E-state index is 6.05. The van der Waals surface area contributed by atoms with Gasteiger partial charge in [0.2, 0.25) is 0 Å². The lowest BCUT2D eigenvalue weighted by atomic mass is 10.1. The summed E-state index contributed by atoms with van der Waals surface area (Å²) in [6.45, 7) is 11.8. The topological polar surface area (TPSA) is 33.7 Å². The van der Waals surface area contributed by atoms with Gasteiger partial charge < -0.3 is 14.8 Å². The molecular weight excluding hydrogens is 348 g/mol. The van der Waals surface area contributed by atoms with E-state index in [1.54, 1.807) is 0 Å². The molecule has 0 amide bonds. The lowest BCUT2D eigenvalue weighted by molar-refractivity contribution is 0.259. The van der Waals surface area contributed by atoms with Gasteiger partial charge in [0.1, 0.15) is 6.61 Å². The van der Waals surface area contributed by atoms with E-state index in [1.165, 1.54) is 36.1 Å². The van der Waals surface area contributed by atoms with Crippen molar-refractivity contribution in [2.75, 3.05) is 26.2 Å². The predicted octanol–water partition coefficient (Wildman–Crippen LogP) is 4.55. The van der Waals surface area contributed by atoms with Gasteiger partial charge >= 0.3 is 0 Å². The Morgan fingerprint density at radius 1 is 1.04 bits per heavy atom. The molecule has 1 fully saturated rings. The molecule has 0 aromatic heterocycles. The SMILES string of the molecule is CCOc1cc(CNCC2CCCN2CC)ccc1OCc1cccc(C)c1. The van der Waals surface area contributed by atoms with E-state index in [0.717, 1.165) is 31.1 Å². The normalized spacial score (nSPS) is 17.0. The molecule has 0 spiro atoms. The number of rotatable bonds is 10. The van der Waals surface area contributed by atoms with Crippen LogP contribution in [-0.4, -0.2) is 37.2 Å². The fourth-order valence-corrected chi connectivity index (χ4v) is 3.94. The zero-order valence-corrected chi connectivity index (χ0v) is 17.5. The molecule has 1 atom stereocenters. The number of nitrogens with zero attached hydrogens (tertiary/aromatic N) is 1. The average molecular weight is 383 g/mol. The van der Waals surface area contributed by atoms with Crippen molar-refractivity contribution < 1.29 is 9.47 Å². The van der Waals surface area contributed by atoms with Crippen molar-refractivity contribution in [1.82, 2.24) is 10.2 Å². The van der Waals surface area contributed by atoms with Crippen LogP contribution in [-0.2, 0) is 13.2 Å². The fourth-order valence-electron chi connectivity index (χ4n) is 3.94. The van der Waals surface area contributed by atoms with Crippen LogP contribution in [0, 0.1) is 6.92 Å². The average Bonchev–Trinajstić information content (AvgIpc) is 3.15. The van der Waals surface area contributed by atoms with E-state index in [1.807, 2.05) is 13.0 Å².